The van der Waals surface area contributed by atoms with Gasteiger partial charge in [-0.25, -0.2) is 9.97 Å². The van der Waals surface area contributed by atoms with Gasteiger partial charge in [0.25, 0.3) is 5.91 Å². The van der Waals surface area contributed by atoms with Crippen LogP contribution in [0.1, 0.15) is 40.9 Å². The van der Waals surface area contributed by atoms with E-state index in [1.807, 2.05) is 37.3 Å². The average Bonchev–Trinajstić information content (AvgIpc) is 3.26. The molecule has 3 aromatic rings. The molecule has 0 bridgehead atoms. The second-order valence-corrected chi connectivity index (χ2v) is 8.46. The number of alkyl halides is 3. The molecule has 0 aliphatic rings. The molecule has 1 amide bonds. The van der Waals surface area contributed by atoms with Gasteiger partial charge < -0.3 is 14.2 Å². The Morgan fingerprint density at radius 1 is 1.09 bits per heavy atom. The van der Waals surface area contributed by atoms with Gasteiger partial charge in [-0.15, -0.1) is 0 Å². The first-order chi connectivity index (χ1) is 15.7. The number of benzene rings is 1. The third kappa shape index (κ3) is 6.74. The molecule has 0 saturated heterocycles. The van der Waals surface area contributed by atoms with Gasteiger partial charge in [0.1, 0.15) is 11.6 Å². The minimum Gasteiger partial charge on any atom is -0.455 e. The number of carbonyl (C=O) groups is 1. The molecule has 0 aliphatic carbocycles. The van der Waals surface area contributed by atoms with Crippen LogP contribution in [0.3, 0.4) is 0 Å². The van der Waals surface area contributed by atoms with Gasteiger partial charge in [-0.05, 0) is 24.1 Å². The zero-order valence-corrected chi connectivity index (χ0v) is 19.4. The molecule has 1 aromatic carbocycles. The molecule has 176 valence electrons. The molecule has 0 atom stereocenters. The van der Waals surface area contributed by atoms with E-state index in [2.05, 4.69) is 9.97 Å². The van der Waals surface area contributed by atoms with Gasteiger partial charge in [0.2, 0.25) is 0 Å². The predicted molar refractivity (Wildman–Crippen MR) is 121 cm³/mol. The fraction of sp³-hybridized carbons (Fsp3) is 0.348. The number of aromatic nitrogens is 2. The molecule has 0 aliphatic heterocycles. The van der Waals surface area contributed by atoms with Gasteiger partial charge in [-0.2, -0.15) is 13.2 Å². The highest BCUT2D eigenvalue weighted by Crippen LogP contribution is 2.32. The van der Waals surface area contributed by atoms with Crippen molar-refractivity contribution in [1.29, 1.82) is 0 Å². The van der Waals surface area contributed by atoms with E-state index in [0.717, 1.165) is 29.8 Å². The highest BCUT2D eigenvalue weighted by Gasteiger charge is 2.34. The van der Waals surface area contributed by atoms with Crippen molar-refractivity contribution in [2.75, 3.05) is 25.5 Å². The van der Waals surface area contributed by atoms with E-state index in [1.165, 1.54) is 4.90 Å². The van der Waals surface area contributed by atoms with Gasteiger partial charge in [0, 0.05) is 33.3 Å². The van der Waals surface area contributed by atoms with Crippen molar-refractivity contribution in [1.82, 2.24) is 14.9 Å². The van der Waals surface area contributed by atoms with E-state index in [1.54, 1.807) is 31.1 Å². The molecule has 3 rings (SSSR count). The van der Waals surface area contributed by atoms with E-state index in [4.69, 9.17) is 4.42 Å². The van der Waals surface area contributed by atoms with Crippen LogP contribution in [0.15, 0.2) is 58.1 Å². The summed E-state index contributed by atoms with van der Waals surface area (Å²) in [5, 5.41) is -0.00625. The van der Waals surface area contributed by atoms with E-state index in [9.17, 15) is 18.0 Å². The third-order valence-electron chi connectivity index (χ3n) is 4.76. The number of thioether (sulfide) groups is 1. The smallest absolute Gasteiger partial charge is 0.433 e. The standard InChI is InChI=1S/C23H25F3N4O2S/c1-4-12-29(2)20-13-19(23(24,25)26)27-22(28-20)33-15-17-10-11-18(32-17)21(31)30(3)14-16-8-6-5-7-9-16/h5-11,13H,4,12,14-15H2,1-3H3. The van der Waals surface area contributed by atoms with Gasteiger partial charge in [-0.1, -0.05) is 49.0 Å². The number of carbonyl (C=O) groups excluding carboxylic acids is 1. The summed E-state index contributed by atoms with van der Waals surface area (Å²) in [5.74, 6) is 0.722. The minimum atomic E-state index is -4.58. The van der Waals surface area contributed by atoms with Crippen LogP contribution in [0, 0.1) is 0 Å². The monoisotopic (exact) mass is 478 g/mol. The zero-order valence-electron chi connectivity index (χ0n) is 18.6. The minimum absolute atomic E-state index is 0.00625. The van der Waals surface area contributed by atoms with Crippen LogP contribution in [0.2, 0.25) is 0 Å². The second kappa shape index (κ2) is 10.7. The fourth-order valence-corrected chi connectivity index (χ4v) is 3.84. The lowest BCUT2D eigenvalue weighted by atomic mass is 10.2. The van der Waals surface area contributed by atoms with Gasteiger partial charge in [0.15, 0.2) is 16.6 Å². The summed E-state index contributed by atoms with van der Waals surface area (Å²) in [4.78, 5) is 23.8. The first-order valence-corrected chi connectivity index (χ1v) is 11.3. The maximum Gasteiger partial charge on any atom is 0.433 e. The Hall–Kier alpha value is -3.01. The maximum absolute atomic E-state index is 13.3. The molecular weight excluding hydrogens is 453 g/mol. The number of hydrogen-bond donors (Lipinski definition) is 0. The summed E-state index contributed by atoms with van der Waals surface area (Å²) in [7, 11) is 3.37. The van der Waals surface area contributed by atoms with Gasteiger partial charge in [-0.3, -0.25) is 4.79 Å². The molecule has 2 heterocycles. The van der Waals surface area contributed by atoms with Crippen molar-refractivity contribution >= 4 is 23.5 Å². The molecule has 0 radical (unpaired) electrons. The van der Waals surface area contributed by atoms with Gasteiger partial charge in [0.05, 0.1) is 5.75 Å². The molecule has 0 unspecified atom stereocenters. The normalized spacial score (nSPS) is 11.5. The largest absolute Gasteiger partial charge is 0.455 e. The number of anilines is 1. The predicted octanol–water partition coefficient (Wildman–Crippen LogP) is 5.50. The summed E-state index contributed by atoms with van der Waals surface area (Å²) in [6.45, 7) is 2.93. The van der Waals surface area contributed by atoms with Crippen LogP contribution in [-0.2, 0) is 18.5 Å². The van der Waals surface area contributed by atoms with Crippen molar-refractivity contribution in [3.05, 3.63) is 71.3 Å². The number of amides is 1. The highest BCUT2D eigenvalue weighted by molar-refractivity contribution is 7.98. The van der Waals surface area contributed by atoms with Crippen LogP contribution < -0.4 is 4.90 Å². The first kappa shape index (κ1) is 24.6. The van der Waals surface area contributed by atoms with Crippen molar-refractivity contribution in [3.8, 4) is 0 Å². The van der Waals surface area contributed by atoms with E-state index in [-0.39, 0.29) is 28.4 Å². The Kier molecular flexibility index (Phi) is 8.01. The number of nitrogens with zero attached hydrogens (tertiary/aromatic N) is 4. The van der Waals surface area contributed by atoms with Crippen LogP contribution in [0.5, 0.6) is 0 Å². The Bertz CT molecular complexity index is 1070. The van der Waals surface area contributed by atoms with E-state index < -0.39 is 11.9 Å². The van der Waals surface area contributed by atoms with Gasteiger partial charge >= 0.3 is 6.18 Å². The summed E-state index contributed by atoms with van der Waals surface area (Å²) >= 11 is 1.02. The van der Waals surface area contributed by atoms with Crippen LogP contribution >= 0.6 is 11.8 Å². The van der Waals surface area contributed by atoms with Crippen molar-refractivity contribution in [2.45, 2.75) is 37.0 Å². The lowest BCUT2D eigenvalue weighted by Gasteiger charge is -2.19. The Balaban J connectivity index is 1.69. The SMILES string of the molecule is CCCN(C)c1cc(C(F)(F)F)nc(SCc2ccc(C(=O)N(C)Cc3ccccc3)o2)n1. The number of furan rings is 1. The quantitative estimate of drug-likeness (QED) is 0.299. The third-order valence-corrected chi connectivity index (χ3v) is 5.63. The first-order valence-electron chi connectivity index (χ1n) is 10.4. The molecule has 0 fully saturated rings. The Morgan fingerprint density at radius 3 is 2.48 bits per heavy atom. The van der Waals surface area contributed by atoms with Crippen LogP contribution in [-0.4, -0.2) is 41.4 Å². The number of halogens is 3. The number of hydrogen-bond acceptors (Lipinski definition) is 6. The molecular formula is C23H25F3N4O2S. The van der Waals surface area contributed by atoms with Crippen LogP contribution in [0.4, 0.5) is 19.0 Å². The maximum atomic E-state index is 13.3. The average molecular weight is 479 g/mol. The molecule has 0 N–H and O–H groups in total. The molecule has 6 nitrogen and oxygen atoms in total. The molecule has 33 heavy (non-hydrogen) atoms. The second-order valence-electron chi connectivity index (χ2n) is 7.51. The molecule has 2 aromatic heterocycles. The van der Waals surface area contributed by atoms with E-state index >= 15 is 0 Å². The molecule has 10 heteroatoms. The lowest BCUT2D eigenvalue weighted by molar-refractivity contribution is -0.141. The summed E-state index contributed by atoms with van der Waals surface area (Å²) < 4.78 is 45.6. The molecule has 0 saturated carbocycles. The van der Waals surface area contributed by atoms with E-state index in [0.29, 0.717) is 18.8 Å². The van der Waals surface area contributed by atoms with Crippen molar-refractivity contribution in [2.24, 2.45) is 0 Å². The van der Waals surface area contributed by atoms with Crippen LogP contribution in [0.25, 0.3) is 0 Å². The van der Waals surface area contributed by atoms with Crippen molar-refractivity contribution < 1.29 is 22.4 Å². The molecule has 0 spiro atoms. The fourth-order valence-electron chi connectivity index (χ4n) is 3.09. The Labute approximate surface area is 194 Å². The number of rotatable bonds is 9. The summed E-state index contributed by atoms with van der Waals surface area (Å²) in [6, 6.07) is 13.7. The Morgan fingerprint density at radius 2 is 1.82 bits per heavy atom. The zero-order chi connectivity index (χ0) is 24.0. The highest BCUT2D eigenvalue weighted by atomic mass is 32.2. The summed E-state index contributed by atoms with van der Waals surface area (Å²) in [6.07, 6.45) is -3.81. The summed E-state index contributed by atoms with van der Waals surface area (Å²) in [5.41, 5.74) is -0.00275. The van der Waals surface area contributed by atoms with Crippen molar-refractivity contribution in [3.63, 3.8) is 0 Å². The lowest BCUT2D eigenvalue weighted by Crippen LogP contribution is -2.25. The topological polar surface area (TPSA) is 62.5 Å².